The van der Waals surface area contributed by atoms with Crippen molar-refractivity contribution in [2.24, 2.45) is 0 Å². The van der Waals surface area contributed by atoms with E-state index in [2.05, 4.69) is 15.3 Å². The summed E-state index contributed by atoms with van der Waals surface area (Å²) in [5.74, 6) is -1.23. The number of rotatable bonds is 3. The summed E-state index contributed by atoms with van der Waals surface area (Å²) in [5.41, 5.74) is 1.57. The molecule has 3 rings (SSSR count). The van der Waals surface area contributed by atoms with Crippen LogP contribution in [0.4, 0.5) is 9.18 Å². The van der Waals surface area contributed by atoms with E-state index < -0.39 is 17.8 Å². The lowest BCUT2D eigenvalue weighted by molar-refractivity contribution is 0.0958. The van der Waals surface area contributed by atoms with E-state index >= 15 is 0 Å². The van der Waals surface area contributed by atoms with Crippen LogP contribution in [-0.4, -0.2) is 52.1 Å². The van der Waals surface area contributed by atoms with Crippen LogP contribution in [-0.2, 0) is 0 Å². The Morgan fingerprint density at radius 1 is 1.29 bits per heavy atom. The van der Waals surface area contributed by atoms with Crippen molar-refractivity contribution in [2.75, 3.05) is 20.1 Å². The summed E-state index contributed by atoms with van der Waals surface area (Å²) in [6.45, 7) is 0.666. The van der Waals surface area contributed by atoms with Crippen molar-refractivity contribution in [3.05, 3.63) is 47.7 Å². The average molecular weight is 330 g/mol. The number of halogens is 1. The molecule has 0 saturated carbocycles. The third kappa shape index (κ3) is 2.78. The van der Waals surface area contributed by atoms with Crippen LogP contribution in [0.3, 0.4) is 0 Å². The highest BCUT2D eigenvalue weighted by molar-refractivity contribution is 5.94. The summed E-state index contributed by atoms with van der Waals surface area (Å²) in [4.78, 5) is 32.3. The molecule has 2 aromatic rings. The Labute approximate surface area is 137 Å². The van der Waals surface area contributed by atoms with E-state index in [0.717, 1.165) is 0 Å². The highest BCUT2D eigenvalue weighted by atomic mass is 19.1. The summed E-state index contributed by atoms with van der Waals surface area (Å²) in [6.07, 6.45) is 2.05. The van der Waals surface area contributed by atoms with Crippen LogP contribution in [0.2, 0.25) is 0 Å². The van der Waals surface area contributed by atoms with Gasteiger partial charge in [-0.1, -0.05) is 6.07 Å². The minimum atomic E-state index is -0.974. The molecule has 0 aliphatic carbocycles. The molecule has 1 aliphatic heterocycles. The van der Waals surface area contributed by atoms with Crippen molar-refractivity contribution < 1.29 is 19.1 Å². The van der Waals surface area contributed by atoms with E-state index in [4.69, 9.17) is 5.11 Å². The summed E-state index contributed by atoms with van der Waals surface area (Å²) >= 11 is 0. The maximum Gasteiger partial charge on any atom is 0.407 e. The molecule has 0 bridgehead atoms. The third-order valence-corrected chi connectivity index (χ3v) is 3.98. The lowest BCUT2D eigenvalue weighted by atomic mass is 9.92. The number of nitrogens with one attached hydrogen (secondary N) is 1. The minimum absolute atomic E-state index is 0.0487. The lowest BCUT2D eigenvalue weighted by Crippen LogP contribution is -2.48. The summed E-state index contributed by atoms with van der Waals surface area (Å²) in [5, 5.41) is 11.3. The van der Waals surface area contributed by atoms with Gasteiger partial charge in [-0.25, -0.2) is 9.18 Å². The van der Waals surface area contributed by atoms with Crippen LogP contribution in [0, 0.1) is 5.82 Å². The number of likely N-dealkylation sites (tertiary alicyclic amines) is 1. The number of hydrogen-bond acceptors (Lipinski definition) is 4. The fraction of sp³-hybridized carbons (Fsp3) is 0.250. The van der Waals surface area contributed by atoms with Crippen molar-refractivity contribution in [1.82, 2.24) is 20.2 Å². The standard InChI is InChI=1S/C16H15FN4O3/c1-18-15(22)11-3-2-9(6-12(11)17)13-14(20-5-4-19-13)10-7-21(8-10)16(23)24/h2-6,10H,7-8H2,1H3,(H,18,22)(H,23,24). The highest BCUT2D eigenvalue weighted by Gasteiger charge is 2.34. The first-order valence-electron chi connectivity index (χ1n) is 7.32. The second kappa shape index (κ2) is 6.23. The molecule has 124 valence electrons. The van der Waals surface area contributed by atoms with Crippen molar-refractivity contribution in [1.29, 1.82) is 0 Å². The Morgan fingerprint density at radius 3 is 2.62 bits per heavy atom. The molecule has 1 aliphatic rings. The Bertz CT molecular complexity index is 806. The molecule has 8 heteroatoms. The molecule has 0 spiro atoms. The van der Waals surface area contributed by atoms with Gasteiger partial charge < -0.3 is 15.3 Å². The van der Waals surface area contributed by atoms with Gasteiger partial charge in [-0.15, -0.1) is 0 Å². The SMILES string of the molecule is CNC(=O)c1ccc(-c2nccnc2C2CN(C(=O)O)C2)cc1F. The number of amides is 2. The monoisotopic (exact) mass is 330 g/mol. The van der Waals surface area contributed by atoms with Gasteiger partial charge in [0, 0.05) is 44.0 Å². The van der Waals surface area contributed by atoms with Crippen molar-refractivity contribution >= 4 is 12.0 Å². The second-order valence-corrected chi connectivity index (χ2v) is 5.45. The molecule has 0 atom stereocenters. The molecule has 24 heavy (non-hydrogen) atoms. The Kier molecular flexibility index (Phi) is 4.11. The molecule has 2 heterocycles. The van der Waals surface area contributed by atoms with E-state index in [1.165, 1.54) is 36.5 Å². The van der Waals surface area contributed by atoms with Crippen molar-refractivity contribution in [3.63, 3.8) is 0 Å². The van der Waals surface area contributed by atoms with Crippen LogP contribution < -0.4 is 5.32 Å². The van der Waals surface area contributed by atoms with Crippen LogP contribution in [0.25, 0.3) is 11.3 Å². The molecule has 1 saturated heterocycles. The lowest BCUT2D eigenvalue weighted by Gasteiger charge is -2.37. The number of benzene rings is 1. The molecule has 2 N–H and O–H groups in total. The largest absolute Gasteiger partial charge is 0.465 e. The molecule has 0 radical (unpaired) electrons. The van der Waals surface area contributed by atoms with Gasteiger partial charge in [0.05, 0.1) is 17.0 Å². The molecule has 2 amide bonds. The molecule has 0 unspecified atom stereocenters. The maximum absolute atomic E-state index is 14.2. The molecule has 1 fully saturated rings. The quantitative estimate of drug-likeness (QED) is 0.893. The van der Waals surface area contributed by atoms with E-state index in [1.807, 2.05) is 0 Å². The molecule has 7 nitrogen and oxygen atoms in total. The van der Waals surface area contributed by atoms with Crippen LogP contribution in [0.1, 0.15) is 22.0 Å². The average Bonchev–Trinajstić information content (AvgIpc) is 2.53. The topological polar surface area (TPSA) is 95.4 Å². The fourth-order valence-corrected chi connectivity index (χ4v) is 2.66. The van der Waals surface area contributed by atoms with E-state index in [1.54, 1.807) is 6.07 Å². The Morgan fingerprint density at radius 2 is 2.00 bits per heavy atom. The van der Waals surface area contributed by atoms with Crippen LogP contribution in [0.15, 0.2) is 30.6 Å². The zero-order valence-electron chi connectivity index (χ0n) is 12.9. The molecular formula is C16H15FN4O3. The second-order valence-electron chi connectivity index (χ2n) is 5.45. The molecule has 1 aromatic carbocycles. The van der Waals surface area contributed by atoms with Gasteiger partial charge >= 0.3 is 6.09 Å². The number of hydrogen-bond donors (Lipinski definition) is 2. The van der Waals surface area contributed by atoms with E-state index in [9.17, 15) is 14.0 Å². The zero-order chi connectivity index (χ0) is 17.3. The van der Waals surface area contributed by atoms with Gasteiger partial charge in [-0.2, -0.15) is 0 Å². The van der Waals surface area contributed by atoms with Gasteiger partial charge in [-0.05, 0) is 12.1 Å². The number of carbonyl (C=O) groups excluding carboxylic acids is 1. The number of nitrogens with zero attached hydrogens (tertiary/aromatic N) is 3. The van der Waals surface area contributed by atoms with Gasteiger partial charge in [0.1, 0.15) is 5.82 Å². The number of aromatic nitrogens is 2. The Balaban J connectivity index is 1.92. The smallest absolute Gasteiger partial charge is 0.407 e. The third-order valence-electron chi connectivity index (χ3n) is 3.98. The number of carbonyl (C=O) groups is 2. The van der Waals surface area contributed by atoms with Gasteiger partial charge in [0.15, 0.2) is 0 Å². The van der Waals surface area contributed by atoms with E-state index in [0.29, 0.717) is 30.0 Å². The highest BCUT2D eigenvalue weighted by Crippen LogP contribution is 2.32. The maximum atomic E-state index is 14.2. The van der Waals surface area contributed by atoms with Crippen molar-refractivity contribution in [2.45, 2.75) is 5.92 Å². The Hall–Kier alpha value is -3.03. The van der Waals surface area contributed by atoms with Gasteiger partial charge in [0.2, 0.25) is 0 Å². The van der Waals surface area contributed by atoms with Gasteiger partial charge in [0.25, 0.3) is 5.91 Å². The first-order chi connectivity index (χ1) is 11.5. The first kappa shape index (κ1) is 15.9. The fourth-order valence-electron chi connectivity index (χ4n) is 2.66. The van der Waals surface area contributed by atoms with Crippen LogP contribution >= 0.6 is 0 Å². The predicted octanol–water partition coefficient (Wildman–Crippen LogP) is 1.72. The number of carboxylic acid groups (broad SMARTS) is 1. The van der Waals surface area contributed by atoms with E-state index in [-0.39, 0.29) is 11.5 Å². The summed E-state index contributed by atoms with van der Waals surface area (Å²) in [7, 11) is 1.43. The van der Waals surface area contributed by atoms with Crippen LogP contribution in [0.5, 0.6) is 0 Å². The van der Waals surface area contributed by atoms with Gasteiger partial charge in [-0.3, -0.25) is 14.8 Å². The minimum Gasteiger partial charge on any atom is -0.465 e. The summed E-state index contributed by atoms with van der Waals surface area (Å²) < 4.78 is 14.2. The zero-order valence-corrected chi connectivity index (χ0v) is 12.9. The predicted molar refractivity (Wildman–Crippen MR) is 83.2 cm³/mol. The molecular weight excluding hydrogens is 315 g/mol. The molecule has 1 aromatic heterocycles. The first-order valence-corrected chi connectivity index (χ1v) is 7.32. The van der Waals surface area contributed by atoms with Crippen molar-refractivity contribution in [3.8, 4) is 11.3 Å². The summed E-state index contributed by atoms with van der Waals surface area (Å²) in [6, 6.07) is 4.24. The normalized spacial score (nSPS) is 14.2.